The Morgan fingerprint density at radius 2 is 1.77 bits per heavy atom. The van der Waals surface area contributed by atoms with E-state index in [1.807, 2.05) is 25.1 Å². The van der Waals surface area contributed by atoms with Crippen molar-refractivity contribution in [1.29, 1.82) is 0 Å². The lowest BCUT2D eigenvalue weighted by molar-refractivity contribution is -0.146. The molecule has 3 unspecified atom stereocenters. The monoisotopic (exact) mass is 439 g/mol. The number of carbonyl (C=O) groups is 3. The van der Waals surface area contributed by atoms with Crippen LogP contribution in [-0.4, -0.2) is 33.1 Å². The summed E-state index contributed by atoms with van der Waals surface area (Å²) in [6, 6.07) is 10.7. The summed E-state index contributed by atoms with van der Waals surface area (Å²) in [6.07, 6.45) is 8.29. The van der Waals surface area contributed by atoms with Crippen LogP contribution < -0.4 is 10.6 Å². The number of nitrogens with zero attached hydrogens (tertiary/aromatic N) is 1. The fourth-order valence-corrected chi connectivity index (χ4v) is 4.42. The molecule has 1 heterocycles. The summed E-state index contributed by atoms with van der Waals surface area (Å²) in [6.45, 7) is 1.94. The number of hydrogen-bond donors (Lipinski definition) is 3. The number of pyridine rings is 1. The summed E-state index contributed by atoms with van der Waals surface area (Å²) in [5.74, 6) is -2.69. The summed E-state index contributed by atoms with van der Waals surface area (Å²) in [7, 11) is 0. The Labute approximate surface area is 185 Å². The van der Waals surface area contributed by atoms with Crippen molar-refractivity contribution in [1.82, 2.24) is 4.98 Å². The third kappa shape index (κ3) is 6.18. The molecule has 2 aromatic rings. The predicted octanol–water partition coefficient (Wildman–Crippen LogP) is 4.20. The van der Waals surface area contributed by atoms with E-state index in [-0.39, 0.29) is 17.1 Å². The number of benzene rings is 1. The van der Waals surface area contributed by atoms with Gasteiger partial charge >= 0.3 is 5.97 Å². The van der Waals surface area contributed by atoms with Crippen LogP contribution in [0.5, 0.6) is 0 Å². The van der Waals surface area contributed by atoms with Crippen LogP contribution in [0.1, 0.15) is 26.2 Å². The summed E-state index contributed by atoms with van der Waals surface area (Å²) in [5.41, 5.74) is 1.27. The first-order chi connectivity index (χ1) is 15.0. The van der Waals surface area contributed by atoms with Gasteiger partial charge in [0.1, 0.15) is 0 Å². The molecule has 31 heavy (non-hydrogen) atoms. The number of allylic oxidation sites excluding steroid dienone is 2. The second-order valence-corrected chi connectivity index (χ2v) is 8.53. The number of carbonyl (C=O) groups excluding carboxylic acids is 2. The molecule has 0 saturated heterocycles. The lowest BCUT2D eigenvalue weighted by Gasteiger charge is -2.24. The maximum absolute atomic E-state index is 12.7. The average molecular weight is 440 g/mol. The lowest BCUT2D eigenvalue weighted by atomic mass is 9.82. The zero-order chi connectivity index (χ0) is 22.2. The van der Waals surface area contributed by atoms with Crippen molar-refractivity contribution in [3.8, 4) is 0 Å². The second-order valence-electron chi connectivity index (χ2n) is 7.25. The van der Waals surface area contributed by atoms with Crippen LogP contribution in [0.4, 0.5) is 11.4 Å². The molecule has 3 N–H and O–H groups in total. The Morgan fingerprint density at radius 1 is 1.06 bits per heavy atom. The third-order valence-corrected chi connectivity index (χ3v) is 6.44. The maximum atomic E-state index is 12.7. The summed E-state index contributed by atoms with van der Waals surface area (Å²) < 4.78 is 0. The summed E-state index contributed by atoms with van der Waals surface area (Å²) in [4.78, 5) is 41.6. The predicted molar refractivity (Wildman–Crippen MR) is 121 cm³/mol. The van der Waals surface area contributed by atoms with Gasteiger partial charge in [-0.15, -0.1) is 11.8 Å². The Balaban J connectivity index is 1.65. The molecule has 0 bridgehead atoms. The van der Waals surface area contributed by atoms with Crippen molar-refractivity contribution in [3.05, 3.63) is 60.9 Å². The first-order valence-electron chi connectivity index (χ1n) is 10.1. The van der Waals surface area contributed by atoms with Gasteiger partial charge in [-0.1, -0.05) is 25.1 Å². The minimum atomic E-state index is -0.959. The number of thioether (sulfide) groups is 1. The molecule has 1 aliphatic rings. The van der Waals surface area contributed by atoms with E-state index in [1.54, 1.807) is 42.7 Å². The van der Waals surface area contributed by atoms with Gasteiger partial charge in [-0.05, 0) is 49.6 Å². The zero-order valence-corrected chi connectivity index (χ0v) is 18.0. The van der Waals surface area contributed by atoms with Crippen LogP contribution in [0.25, 0.3) is 0 Å². The molecule has 0 aliphatic heterocycles. The van der Waals surface area contributed by atoms with Crippen LogP contribution in [0.3, 0.4) is 0 Å². The largest absolute Gasteiger partial charge is 0.481 e. The number of carboxylic acids is 1. The van der Waals surface area contributed by atoms with Crippen molar-refractivity contribution in [2.75, 3.05) is 10.6 Å². The molecule has 162 valence electrons. The SMILES string of the molecule is CCC(Sc1cccc(NC(=O)C2CC=CCC2C(=O)O)c1)C(=O)Nc1ccncc1. The number of anilines is 2. The van der Waals surface area contributed by atoms with Crippen molar-refractivity contribution in [2.24, 2.45) is 11.8 Å². The molecule has 0 fully saturated rings. The Bertz CT molecular complexity index is 964. The van der Waals surface area contributed by atoms with Gasteiger partial charge in [0.25, 0.3) is 0 Å². The van der Waals surface area contributed by atoms with Gasteiger partial charge < -0.3 is 15.7 Å². The van der Waals surface area contributed by atoms with Gasteiger partial charge in [0.15, 0.2) is 0 Å². The zero-order valence-electron chi connectivity index (χ0n) is 17.2. The van der Waals surface area contributed by atoms with E-state index in [9.17, 15) is 19.5 Å². The molecule has 0 radical (unpaired) electrons. The first kappa shape index (κ1) is 22.6. The normalized spacial score (nSPS) is 18.7. The van der Waals surface area contributed by atoms with Crippen molar-refractivity contribution in [2.45, 2.75) is 36.3 Å². The molecule has 1 aromatic carbocycles. The van der Waals surface area contributed by atoms with Crippen molar-refractivity contribution in [3.63, 3.8) is 0 Å². The van der Waals surface area contributed by atoms with Crippen LogP contribution in [0.2, 0.25) is 0 Å². The van der Waals surface area contributed by atoms with Crippen LogP contribution in [0, 0.1) is 11.8 Å². The van der Waals surface area contributed by atoms with E-state index in [2.05, 4.69) is 15.6 Å². The highest BCUT2D eigenvalue weighted by atomic mass is 32.2. The minimum Gasteiger partial charge on any atom is -0.481 e. The number of aliphatic carboxylic acids is 1. The smallest absolute Gasteiger partial charge is 0.307 e. The van der Waals surface area contributed by atoms with Crippen molar-refractivity contribution < 1.29 is 19.5 Å². The third-order valence-electron chi connectivity index (χ3n) is 5.08. The molecular weight excluding hydrogens is 414 g/mol. The highest BCUT2D eigenvalue weighted by Gasteiger charge is 2.34. The van der Waals surface area contributed by atoms with E-state index in [0.29, 0.717) is 30.6 Å². The number of hydrogen-bond acceptors (Lipinski definition) is 5. The molecule has 0 spiro atoms. The van der Waals surface area contributed by atoms with Gasteiger partial charge in [-0.3, -0.25) is 19.4 Å². The van der Waals surface area contributed by atoms with Gasteiger partial charge in [-0.25, -0.2) is 0 Å². The molecule has 3 atom stereocenters. The first-order valence-corrected chi connectivity index (χ1v) is 11.0. The molecule has 2 amide bonds. The van der Waals surface area contributed by atoms with Crippen LogP contribution in [-0.2, 0) is 14.4 Å². The molecule has 8 heteroatoms. The lowest BCUT2D eigenvalue weighted by Crippen LogP contribution is -2.34. The van der Waals surface area contributed by atoms with E-state index < -0.39 is 17.8 Å². The Hall–Kier alpha value is -3.13. The number of rotatable bonds is 8. The molecule has 1 aromatic heterocycles. The van der Waals surface area contributed by atoms with Crippen LogP contribution in [0.15, 0.2) is 65.8 Å². The highest BCUT2D eigenvalue weighted by Crippen LogP contribution is 2.30. The number of aromatic nitrogens is 1. The molecule has 1 aliphatic carbocycles. The molecule has 0 saturated carbocycles. The molecule has 3 rings (SSSR count). The fraction of sp³-hybridized carbons (Fsp3) is 0.304. The highest BCUT2D eigenvalue weighted by molar-refractivity contribution is 8.00. The Morgan fingerprint density at radius 3 is 2.45 bits per heavy atom. The van der Waals surface area contributed by atoms with E-state index in [1.165, 1.54) is 11.8 Å². The quantitative estimate of drug-likeness (QED) is 0.420. The topological polar surface area (TPSA) is 108 Å². The van der Waals surface area contributed by atoms with Gasteiger partial charge in [0.05, 0.1) is 17.1 Å². The van der Waals surface area contributed by atoms with E-state index in [4.69, 9.17) is 0 Å². The van der Waals surface area contributed by atoms with Gasteiger partial charge in [0.2, 0.25) is 11.8 Å². The Kier molecular flexibility index (Phi) is 7.83. The minimum absolute atomic E-state index is 0.105. The van der Waals surface area contributed by atoms with E-state index in [0.717, 1.165) is 4.90 Å². The van der Waals surface area contributed by atoms with Gasteiger partial charge in [0, 0.05) is 28.7 Å². The maximum Gasteiger partial charge on any atom is 0.307 e. The van der Waals surface area contributed by atoms with Gasteiger partial charge in [-0.2, -0.15) is 0 Å². The van der Waals surface area contributed by atoms with Crippen molar-refractivity contribution >= 4 is 40.9 Å². The molecular formula is C23H25N3O4S. The average Bonchev–Trinajstić information content (AvgIpc) is 2.78. The number of amides is 2. The molecule has 7 nitrogen and oxygen atoms in total. The summed E-state index contributed by atoms with van der Waals surface area (Å²) in [5, 5.41) is 14.8. The van der Waals surface area contributed by atoms with E-state index >= 15 is 0 Å². The standard InChI is InChI=1S/C23H25N3O4S/c1-2-20(22(28)25-15-10-12-24-13-11-15)31-17-7-5-6-16(14-17)26-21(27)18-8-3-4-9-19(18)23(29)30/h3-7,10-14,18-20H,2,8-9H2,1H3,(H,26,27)(H,29,30)(H,24,25,28). The number of carboxylic acid groups (broad SMARTS) is 1. The summed E-state index contributed by atoms with van der Waals surface area (Å²) >= 11 is 1.41. The fourth-order valence-electron chi connectivity index (χ4n) is 3.40. The van der Waals surface area contributed by atoms with Crippen LogP contribution >= 0.6 is 11.8 Å². The number of nitrogens with one attached hydrogen (secondary N) is 2. The second kappa shape index (κ2) is 10.8.